The van der Waals surface area contributed by atoms with Gasteiger partial charge in [-0.25, -0.2) is 0 Å². The Bertz CT molecular complexity index is 177. The molecule has 2 saturated heterocycles. The summed E-state index contributed by atoms with van der Waals surface area (Å²) in [4.78, 5) is 2.60. The highest BCUT2D eigenvalue weighted by Gasteiger charge is 2.38. The molecule has 0 amide bonds. The van der Waals surface area contributed by atoms with E-state index in [0.717, 1.165) is 11.8 Å². The quantitative estimate of drug-likeness (QED) is 0.665. The van der Waals surface area contributed by atoms with Gasteiger partial charge in [-0.2, -0.15) is 0 Å². The zero-order valence-corrected chi connectivity index (χ0v) is 8.87. The van der Waals surface area contributed by atoms with E-state index in [1.165, 1.54) is 32.4 Å². The molecular weight excluding hydrogens is 160 g/mol. The van der Waals surface area contributed by atoms with Crippen molar-refractivity contribution in [1.29, 1.82) is 0 Å². The molecule has 2 nitrogen and oxygen atoms in total. The molecule has 0 spiro atoms. The van der Waals surface area contributed by atoms with Crippen molar-refractivity contribution in [2.24, 2.45) is 17.6 Å². The minimum absolute atomic E-state index is 0.441. The lowest BCUT2D eigenvalue weighted by atomic mass is 9.79. The third-order valence-corrected chi connectivity index (χ3v) is 3.96. The monoisotopic (exact) mass is 182 g/mol. The van der Waals surface area contributed by atoms with Gasteiger partial charge in [0.2, 0.25) is 0 Å². The maximum absolute atomic E-state index is 6.32. The van der Waals surface area contributed by atoms with E-state index < -0.39 is 0 Å². The van der Waals surface area contributed by atoms with Crippen LogP contribution in [0.2, 0.25) is 0 Å². The van der Waals surface area contributed by atoms with Gasteiger partial charge in [0.25, 0.3) is 0 Å². The van der Waals surface area contributed by atoms with Gasteiger partial charge in [0, 0.05) is 12.1 Å². The molecule has 0 radical (unpaired) electrons. The fourth-order valence-corrected chi connectivity index (χ4v) is 3.14. The second kappa shape index (κ2) is 3.58. The smallest absolute Gasteiger partial charge is 0.0250 e. The van der Waals surface area contributed by atoms with Crippen molar-refractivity contribution in [3.63, 3.8) is 0 Å². The first-order chi connectivity index (χ1) is 6.20. The van der Waals surface area contributed by atoms with Crippen molar-refractivity contribution in [3.05, 3.63) is 0 Å². The van der Waals surface area contributed by atoms with E-state index in [4.69, 9.17) is 5.73 Å². The molecule has 2 rings (SSSR count). The predicted octanol–water partition coefficient (Wildman–Crippen LogP) is 1.45. The van der Waals surface area contributed by atoms with Crippen molar-refractivity contribution in [1.82, 2.24) is 4.90 Å². The highest BCUT2D eigenvalue weighted by atomic mass is 15.2. The summed E-state index contributed by atoms with van der Waals surface area (Å²) >= 11 is 0. The molecule has 0 unspecified atom stereocenters. The summed E-state index contributed by atoms with van der Waals surface area (Å²) in [6.07, 6.45) is 4.02. The molecule has 0 aromatic rings. The van der Waals surface area contributed by atoms with E-state index in [1.807, 2.05) is 0 Å². The number of fused-ring (bicyclic) bond motifs is 1. The summed E-state index contributed by atoms with van der Waals surface area (Å²) in [5.74, 6) is 1.53. The molecule has 0 aromatic carbocycles. The van der Waals surface area contributed by atoms with Gasteiger partial charge in [0.15, 0.2) is 0 Å². The SMILES string of the molecule is CC(C)[C@H]1CCN2CCC[C@H]2[C@H]1N. The lowest BCUT2D eigenvalue weighted by molar-refractivity contribution is 0.102. The second-order valence-electron chi connectivity index (χ2n) is 5.02. The Kier molecular flexibility index (Phi) is 2.61. The van der Waals surface area contributed by atoms with Crippen LogP contribution < -0.4 is 5.73 Å². The fraction of sp³-hybridized carbons (Fsp3) is 1.00. The van der Waals surface area contributed by atoms with Gasteiger partial charge in [-0.1, -0.05) is 13.8 Å². The molecule has 0 aromatic heterocycles. The topological polar surface area (TPSA) is 29.3 Å². The molecule has 2 aliphatic rings. The van der Waals surface area contributed by atoms with Crippen molar-refractivity contribution in [3.8, 4) is 0 Å². The van der Waals surface area contributed by atoms with E-state index in [0.29, 0.717) is 12.1 Å². The molecule has 13 heavy (non-hydrogen) atoms. The summed E-state index contributed by atoms with van der Waals surface area (Å²) in [5.41, 5.74) is 6.32. The Morgan fingerprint density at radius 2 is 2.00 bits per heavy atom. The molecular formula is C11H22N2. The summed E-state index contributed by atoms with van der Waals surface area (Å²) in [5, 5.41) is 0. The zero-order valence-electron chi connectivity index (χ0n) is 8.87. The Morgan fingerprint density at radius 3 is 2.69 bits per heavy atom. The third kappa shape index (κ3) is 1.62. The normalized spacial score (nSPS) is 41.1. The molecule has 2 heterocycles. The van der Waals surface area contributed by atoms with Gasteiger partial charge >= 0.3 is 0 Å². The summed E-state index contributed by atoms with van der Waals surface area (Å²) in [6.45, 7) is 7.22. The molecule has 0 aliphatic carbocycles. The second-order valence-corrected chi connectivity index (χ2v) is 5.02. The number of nitrogens with two attached hydrogens (primary N) is 1. The van der Waals surface area contributed by atoms with Crippen molar-refractivity contribution >= 4 is 0 Å². The van der Waals surface area contributed by atoms with Crippen molar-refractivity contribution in [2.45, 2.75) is 45.2 Å². The van der Waals surface area contributed by atoms with Crippen LogP contribution in [0.25, 0.3) is 0 Å². The van der Waals surface area contributed by atoms with Crippen LogP contribution in [0, 0.1) is 11.8 Å². The first-order valence-corrected chi connectivity index (χ1v) is 5.70. The van der Waals surface area contributed by atoms with Gasteiger partial charge in [-0.05, 0) is 44.2 Å². The fourth-order valence-electron chi connectivity index (χ4n) is 3.14. The third-order valence-electron chi connectivity index (χ3n) is 3.96. The van der Waals surface area contributed by atoms with Gasteiger partial charge in [-0.3, -0.25) is 4.90 Å². The average molecular weight is 182 g/mol. The van der Waals surface area contributed by atoms with E-state index in [-0.39, 0.29) is 0 Å². The number of hydrogen-bond donors (Lipinski definition) is 1. The molecule has 2 heteroatoms. The molecule has 2 fully saturated rings. The minimum Gasteiger partial charge on any atom is -0.326 e. The highest BCUT2D eigenvalue weighted by molar-refractivity contribution is 4.96. The standard InChI is InChI=1S/C11H22N2/c1-8(2)9-5-7-13-6-3-4-10(13)11(9)12/h8-11H,3-7,12H2,1-2H3/t9-,10+,11+/m1/s1. The van der Waals surface area contributed by atoms with Crippen molar-refractivity contribution < 1.29 is 0 Å². The van der Waals surface area contributed by atoms with E-state index in [1.54, 1.807) is 0 Å². The van der Waals surface area contributed by atoms with E-state index in [9.17, 15) is 0 Å². The first-order valence-electron chi connectivity index (χ1n) is 5.70. The van der Waals surface area contributed by atoms with Crippen LogP contribution in [0.3, 0.4) is 0 Å². The lowest BCUT2D eigenvalue weighted by Gasteiger charge is -2.42. The lowest BCUT2D eigenvalue weighted by Crippen LogP contribution is -2.54. The highest BCUT2D eigenvalue weighted by Crippen LogP contribution is 2.33. The first kappa shape index (κ1) is 9.47. The average Bonchev–Trinajstić information content (AvgIpc) is 2.52. The number of piperidine rings is 1. The Labute approximate surface area is 81.5 Å². The summed E-state index contributed by atoms with van der Waals surface area (Å²) in [7, 11) is 0. The van der Waals surface area contributed by atoms with Crippen molar-refractivity contribution in [2.75, 3.05) is 13.1 Å². The largest absolute Gasteiger partial charge is 0.326 e. The summed E-state index contributed by atoms with van der Waals surface area (Å²) in [6, 6.07) is 1.15. The van der Waals surface area contributed by atoms with Crippen LogP contribution in [0.1, 0.15) is 33.1 Å². The van der Waals surface area contributed by atoms with Crippen LogP contribution >= 0.6 is 0 Å². The Morgan fingerprint density at radius 1 is 1.23 bits per heavy atom. The van der Waals surface area contributed by atoms with Gasteiger partial charge in [-0.15, -0.1) is 0 Å². The molecule has 76 valence electrons. The van der Waals surface area contributed by atoms with Gasteiger partial charge in [0.1, 0.15) is 0 Å². The molecule has 2 aliphatic heterocycles. The zero-order chi connectivity index (χ0) is 9.42. The minimum atomic E-state index is 0.441. The molecule has 2 N–H and O–H groups in total. The van der Waals surface area contributed by atoms with Crippen LogP contribution in [0.15, 0.2) is 0 Å². The molecule has 0 bridgehead atoms. The predicted molar refractivity (Wildman–Crippen MR) is 55.5 cm³/mol. The number of rotatable bonds is 1. The maximum atomic E-state index is 6.32. The van der Waals surface area contributed by atoms with Crippen LogP contribution in [0.5, 0.6) is 0 Å². The van der Waals surface area contributed by atoms with Gasteiger partial charge < -0.3 is 5.73 Å². The number of hydrogen-bond acceptors (Lipinski definition) is 2. The maximum Gasteiger partial charge on any atom is 0.0250 e. The molecule has 0 saturated carbocycles. The van der Waals surface area contributed by atoms with Crippen LogP contribution in [0.4, 0.5) is 0 Å². The summed E-state index contributed by atoms with van der Waals surface area (Å²) < 4.78 is 0. The Balaban J connectivity index is 2.04. The Hall–Kier alpha value is -0.0800. The van der Waals surface area contributed by atoms with Crippen LogP contribution in [-0.2, 0) is 0 Å². The van der Waals surface area contributed by atoms with E-state index >= 15 is 0 Å². The number of nitrogens with zero attached hydrogens (tertiary/aromatic N) is 1. The van der Waals surface area contributed by atoms with Crippen LogP contribution in [-0.4, -0.2) is 30.1 Å². The molecule has 3 atom stereocenters. The van der Waals surface area contributed by atoms with Gasteiger partial charge in [0.05, 0.1) is 0 Å². The van der Waals surface area contributed by atoms with E-state index in [2.05, 4.69) is 18.7 Å².